The van der Waals surface area contributed by atoms with Gasteiger partial charge in [0, 0.05) is 13.1 Å². The molecule has 1 aromatic rings. The molecule has 0 bridgehead atoms. The summed E-state index contributed by atoms with van der Waals surface area (Å²) in [4.78, 5) is 14.8. The first-order valence-electron chi connectivity index (χ1n) is 8.01. The Labute approximate surface area is 126 Å². The van der Waals surface area contributed by atoms with E-state index in [0.29, 0.717) is 17.9 Å². The number of ether oxygens (including phenoxy) is 1. The lowest BCUT2D eigenvalue weighted by Crippen LogP contribution is -2.33. The van der Waals surface area contributed by atoms with Crippen LogP contribution >= 0.6 is 0 Å². The number of nitrogens with zero attached hydrogens (tertiary/aromatic N) is 1. The number of para-hydroxylation sites is 1. The zero-order chi connectivity index (χ0) is 14.7. The van der Waals surface area contributed by atoms with Crippen molar-refractivity contribution in [2.24, 2.45) is 11.8 Å². The zero-order valence-corrected chi connectivity index (χ0v) is 12.7. The maximum atomic E-state index is 12.8. The smallest absolute Gasteiger partial charge is 0.257 e. The molecule has 2 atom stereocenters. The summed E-state index contributed by atoms with van der Waals surface area (Å²) in [5.41, 5.74) is 0.699. The summed E-state index contributed by atoms with van der Waals surface area (Å²) in [5, 5.41) is 3.47. The van der Waals surface area contributed by atoms with Gasteiger partial charge in [-0.15, -0.1) is 0 Å². The van der Waals surface area contributed by atoms with Crippen LogP contribution in [-0.4, -0.2) is 43.6 Å². The third kappa shape index (κ3) is 3.05. The third-order valence-electron chi connectivity index (χ3n) is 4.72. The van der Waals surface area contributed by atoms with Crippen LogP contribution in [0.5, 0.6) is 5.75 Å². The van der Waals surface area contributed by atoms with Gasteiger partial charge in [0.1, 0.15) is 5.75 Å². The Morgan fingerprint density at radius 3 is 2.57 bits per heavy atom. The fourth-order valence-corrected chi connectivity index (χ4v) is 3.52. The van der Waals surface area contributed by atoms with E-state index < -0.39 is 0 Å². The highest BCUT2D eigenvalue weighted by Crippen LogP contribution is 2.28. The van der Waals surface area contributed by atoms with Crippen LogP contribution in [0.3, 0.4) is 0 Å². The Morgan fingerprint density at radius 1 is 1.24 bits per heavy atom. The monoisotopic (exact) mass is 288 g/mol. The van der Waals surface area contributed by atoms with Crippen molar-refractivity contribution in [3.63, 3.8) is 0 Å². The van der Waals surface area contributed by atoms with Crippen LogP contribution in [0.15, 0.2) is 24.3 Å². The van der Waals surface area contributed by atoms with Gasteiger partial charge in [-0.2, -0.15) is 0 Å². The van der Waals surface area contributed by atoms with Gasteiger partial charge in [-0.05, 0) is 56.8 Å². The van der Waals surface area contributed by atoms with Crippen molar-refractivity contribution >= 4 is 5.91 Å². The molecule has 2 aliphatic heterocycles. The number of nitrogens with one attached hydrogen (secondary N) is 1. The molecule has 1 N–H and O–H groups in total. The van der Waals surface area contributed by atoms with E-state index in [-0.39, 0.29) is 5.91 Å². The second kappa shape index (κ2) is 6.48. The van der Waals surface area contributed by atoms with E-state index in [4.69, 9.17) is 4.74 Å². The quantitative estimate of drug-likeness (QED) is 0.926. The largest absolute Gasteiger partial charge is 0.493 e. The predicted octanol–water partition coefficient (Wildman–Crippen LogP) is 2.16. The Bertz CT molecular complexity index is 489. The lowest BCUT2D eigenvalue weighted by atomic mass is 9.92. The predicted molar refractivity (Wildman–Crippen MR) is 82.6 cm³/mol. The SMILES string of the molecule is CCOc1ccccc1C(=O)N1CC[C@@H]2CNC[C@@H]2CC1. The van der Waals surface area contributed by atoms with Gasteiger partial charge in [-0.3, -0.25) is 4.79 Å². The molecule has 0 aliphatic carbocycles. The fraction of sp³-hybridized carbons (Fsp3) is 0.588. The molecule has 4 nitrogen and oxygen atoms in total. The summed E-state index contributed by atoms with van der Waals surface area (Å²) < 4.78 is 5.60. The molecule has 3 rings (SSSR count). The van der Waals surface area contributed by atoms with E-state index in [1.165, 1.54) is 0 Å². The third-order valence-corrected chi connectivity index (χ3v) is 4.72. The molecular formula is C17H24N2O2. The molecule has 4 heteroatoms. The van der Waals surface area contributed by atoms with Crippen molar-refractivity contribution < 1.29 is 9.53 Å². The Balaban J connectivity index is 1.73. The second-order valence-corrected chi connectivity index (χ2v) is 5.98. The van der Waals surface area contributed by atoms with Crippen molar-refractivity contribution in [3.8, 4) is 5.75 Å². The minimum Gasteiger partial charge on any atom is -0.493 e. The van der Waals surface area contributed by atoms with Crippen molar-refractivity contribution in [1.82, 2.24) is 10.2 Å². The highest BCUT2D eigenvalue weighted by atomic mass is 16.5. The lowest BCUT2D eigenvalue weighted by molar-refractivity contribution is 0.0754. The number of amides is 1. The highest BCUT2D eigenvalue weighted by Gasteiger charge is 2.32. The molecule has 1 amide bonds. The van der Waals surface area contributed by atoms with Crippen LogP contribution in [0.25, 0.3) is 0 Å². The number of hydrogen-bond acceptors (Lipinski definition) is 3. The van der Waals surface area contributed by atoms with Gasteiger partial charge in [-0.25, -0.2) is 0 Å². The van der Waals surface area contributed by atoms with Crippen molar-refractivity contribution in [2.75, 3.05) is 32.8 Å². The molecule has 21 heavy (non-hydrogen) atoms. The maximum Gasteiger partial charge on any atom is 0.257 e. The number of rotatable bonds is 3. The van der Waals surface area contributed by atoms with E-state index in [9.17, 15) is 4.79 Å². The molecular weight excluding hydrogens is 264 g/mol. The summed E-state index contributed by atoms with van der Waals surface area (Å²) in [6.45, 7) is 6.48. The second-order valence-electron chi connectivity index (χ2n) is 5.98. The lowest BCUT2D eigenvalue weighted by Gasteiger charge is -2.22. The first kappa shape index (κ1) is 14.4. The van der Waals surface area contributed by atoms with E-state index in [0.717, 1.165) is 50.9 Å². The molecule has 2 fully saturated rings. The van der Waals surface area contributed by atoms with Gasteiger partial charge in [-0.1, -0.05) is 12.1 Å². The van der Waals surface area contributed by atoms with Gasteiger partial charge >= 0.3 is 0 Å². The molecule has 0 aromatic heterocycles. The van der Waals surface area contributed by atoms with Crippen LogP contribution in [0.2, 0.25) is 0 Å². The molecule has 0 saturated carbocycles. The topological polar surface area (TPSA) is 41.6 Å². The number of hydrogen-bond donors (Lipinski definition) is 1. The molecule has 0 unspecified atom stereocenters. The molecule has 0 spiro atoms. The highest BCUT2D eigenvalue weighted by molar-refractivity contribution is 5.97. The minimum atomic E-state index is 0.118. The van der Waals surface area contributed by atoms with Crippen LogP contribution in [0.1, 0.15) is 30.1 Å². The van der Waals surface area contributed by atoms with Gasteiger partial charge < -0.3 is 15.0 Å². The van der Waals surface area contributed by atoms with Gasteiger partial charge in [0.25, 0.3) is 5.91 Å². The van der Waals surface area contributed by atoms with E-state index in [1.807, 2.05) is 36.1 Å². The molecule has 2 heterocycles. The first-order chi connectivity index (χ1) is 10.3. The summed E-state index contributed by atoms with van der Waals surface area (Å²) in [6.07, 6.45) is 2.22. The maximum absolute atomic E-state index is 12.8. The van der Waals surface area contributed by atoms with Gasteiger partial charge in [0.2, 0.25) is 0 Å². The zero-order valence-electron chi connectivity index (χ0n) is 12.7. The normalized spacial score (nSPS) is 25.3. The van der Waals surface area contributed by atoms with Crippen LogP contribution in [0.4, 0.5) is 0 Å². The van der Waals surface area contributed by atoms with Gasteiger partial charge in [0.05, 0.1) is 12.2 Å². The number of likely N-dealkylation sites (tertiary alicyclic amines) is 1. The van der Waals surface area contributed by atoms with Gasteiger partial charge in [0.15, 0.2) is 0 Å². The number of carbonyl (C=O) groups is 1. The summed E-state index contributed by atoms with van der Waals surface area (Å²) in [7, 11) is 0. The summed E-state index contributed by atoms with van der Waals surface area (Å²) in [6, 6.07) is 7.58. The molecule has 2 aliphatic rings. The molecule has 0 radical (unpaired) electrons. The van der Waals surface area contributed by atoms with E-state index in [2.05, 4.69) is 5.32 Å². The minimum absolute atomic E-state index is 0.118. The molecule has 2 saturated heterocycles. The number of carbonyl (C=O) groups excluding carboxylic acids is 1. The first-order valence-corrected chi connectivity index (χ1v) is 8.01. The fourth-order valence-electron chi connectivity index (χ4n) is 3.52. The number of fused-ring (bicyclic) bond motifs is 1. The number of benzene rings is 1. The van der Waals surface area contributed by atoms with Crippen LogP contribution in [0, 0.1) is 11.8 Å². The van der Waals surface area contributed by atoms with Crippen LogP contribution in [-0.2, 0) is 0 Å². The Kier molecular flexibility index (Phi) is 4.44. The van der Waals surface area contributed by atoms with Crippen molar-refractivity contribution in [1.29, 1.82) is 0 Å². The van der Waals surface area contributed by atoms with E-state index in [1.54, 1.807) is 0 Å². The van der Waals surface area contributed by atoms with Crippen molar-refractivity contribution in [3.05, 3.63) is 29.8 Å². The standard InChI is InChI=1S/C17H24N2O2/c1-2-21-16-6-4-3-5-15(16)17(20)19-9-7-13-11-18-12-14(13)8-10-19/h3-6,13-14,18H,2,7-12H2,1H3/t13-,14+. The van der Waals surface area contributed by atoms with Crippen LogP contribution < -0.4 is 10.1 Å². The average molecular weight is 288 g/mol. The summed E-state index contributed by atoms with van der Waals surface area (Å²) in [5.74, 6) is 2.30. The van der Waals surface area contributed by atoms with E-state index >= 15 is 0 Å². The average Bonchev–Trinajstić information content (AvgIpc) is 2.86. The summed E-state index contributed by atoms with van der Waals surface area (Å²) >= 11 is 0. The Morgan fingerprint density at radius 2 is 1.90 bits per heavy atom. The van der Waals surface area contributed by atoms with Crippen molar-refractivity contribution in [2.45, 2.75) is 19.8 Å². The molecule has 114 valence electrons. The Hall–Kier alpha value is -1.55. The molecule has 1 aromatic carbocycles.